The van der Waals surface area contributed by atoms with Gasteiger partial charge in [-0.2, -0.15) is 0 Å². The van der Waals surface area contributed by atoms with Gasteiger partial charge in [0.05, 0.1) is 5.02 Å². The maximum Gasteiger partial charge on any atom is 0.110 e. The molecular formula is C8H11ClO. The first-order chi connectivity index (χ1) is 4.50. The van der Waals surface area contributed by atoms with E-state index in [1.807, 2.05) is 6.07 Å². The van der Waals surface area contributed by atoms with Crippen molar-refractivity contribution >= 4 is 11.6 Å². The third kappa shape index (κ3) is 1.54. The van der Waals surface area contributed by atoms with Crippen LogP contribution in [0.1, 0.15) is 26.5 Å². The fourth-order valence-corrected chi connectivity index (χ4v) is 0.850. The van der Waals surface area contributed by atoms with E-state index >= 15 is 0 Å². The number of halogens is 1. The quantitative estimate of drug-likeness (QED) is 0.565. The highest BCUT2D eigenvalue weighted by Gasteiger charge is 2.17. The predicted octanol–water partition coefficient (Wildman–Crippen LogP) is 3.23. The molecule has 1 aromatic heterocycles. The molecule has 1 rings (SSSR count). The lowest BCUT2D eigenvalue weighted by Gasteiger charge is -2.13. The van der Waals surface area contributed by atoms with Crippen LogP contribution in [0.3, 0.4) is 0 Å². The Morgan fingerprint density at radius 3 is 2.20 bits per heavy atom. The number of hydrogen-bond acceptors (Lipinski definition) is 1. The lowest BCUT2D eigenvalue weighted by molar-refractivity contribution is 0.409. The molecule has 0 aliphatic heterocycles. The summed E-state index contributed by atoms with van der Waals surface area (Å²) < 4.78 is 5.20. The van der Waals surface area contributed by atoms with Crippen LogP contribution in [-0.2, 0) is 5.41 Å². The first kappa shape index (κ1) is 7.67. The normalized spacial score (nSPS) is 12.0. The highest BCUT2D eigenvalue weighted by molar-refractivity contribution is 6.30. The molecule has 0 atom stereocenters. The molecular weight excluding hydrogens is 148 g/mol. The van der Waals surface area contributed by atoms with Crippen molar-refractivity contribution in [3.8, 4) is 0 Å². The van der Waals surface area contributed by atoms with Gasteiger partial charge in [0.1, 0.15) is 12.0 Å². The first-order valence-electron chi connectivity index (χ1n) is 3.24. The second-order valence-electron chi connectivity index (χ2n) is 3.38. The van der Waals surface area contributed by atoms with Crippen molar-refractivity contribution in [2.45, 2.75) is 26.2 Å². The summed E-state index contributed by atoms with van der Waals surface area (Å²) in [4.78, 5) is 0. The van der Waals surface area contributed by atoms with Crippen LogP contribution in [0.5, 0.6) is 0 Å². The van der Waals surface area contributed by atoms with Crippen molar-refractivity contribution in [2.75, 3.05) is 0 Å². The lowest BCUT2D eigenvalue weighted by atomic mass is 9.94. The summed E-state index contributed by atoms with van der Waals surface area (Å²) in [5.74, 6) is 0.928. The highest BCUT2D eigenvalue weighted by Crippen LogP contribution is 2.25. The maximum absolute atomic E-state index is 5.67. The average Bonchev–Trinajstić information content (AvgIpc) is 2.11. The molecule has 1 nitrogen and oxygen atoms in total. The van der Waals surface area contributed by atoms with E-state index in [0.29, 0.717) is 5.02 Å². The Bertz CT molecular complexity index is 219. The molecule has 10 heavy (non-hydrogen) atoms. The molecule has 0 N–H and O–H groups in total. The summed E-state index contributed by atoms with van der Waals surface area (Å²) >= 11 is 5.67. The highest BCUT2D eigenvalue weighted by atomic mass is 35.5. The summed E-state index contributed by atoms with van der Waals surface area (Å²) in [6.45, 7) is 6.26. The molecule has 1 heterocycles. The lowest BCUT2D eigenvalue weighted by Crippen LogP contribution is -2.08. The molecule has 0 aliphatic rings. The minimum atomic E-state index is 0.0626. The smallest absolute Gasteiger partial charge is 0.110 e. The van der Waals surface area contributed by atoms with Crippen LogP contribution in [0.4, 0.5) is 0 Å². The van der Waals surface area contributed by atoms with E-state index in [2.05, 4.69) is 20.8 Å². The molecule has 0 unspecified atom stereocenters. The molecule has 1 aromatic rings. The van der Waals surface area contributed by atoms with Gasteiger partial charge in [0, 0.05) is 5.41 Å². The van der Waals surface area contributed by atoms with E-state index in [0.717, 1.165) is 5.76 Å². The van der Waals surface area contributed by atoms with E-state index in [-0.39, 0.29) is 5.41 Å². The molecule has 0 saturated carbocycles. The van der Waals surface area contributed by atoms with Gasteiger partial charge in [-0.3, -0.25) is 0 Å². The van der Waals surface area contributed by atoms with Crippen LogP contribution in [-0.4, -0.2) is 0 Å². The number of furan rings is 1. The van der Waals surface area contributed by atoms with E-state index in [9.17, 15) is 0 Å². The molecule has 56 valence electrons. The van der Waals surface area contributed by atoms with Crippen molar-refractivity contribution in [2.24, 2.45) is 0 Å². The van der Waals surface area contributed by atoms with Crippen molar-refractivity contribution < 1.29 is 4.42 Å². The van der Waals surface area contributed by atoms with Crippen LogP contribution in [0, 0.1) is 0 Å². The van der Waals surface area contributed by atoms with Gasteiger partial charge >= 0.3 is 0 Å². The minimum Gasteiger partial charge on any atom is -0.467 e. The zero-order chi connectivity index (χ0) is 7.78. The molecule has 0 aliphatic carbocycles. The topological polar surface area (TPSA) is 13.1 Å². The van der Waals surface area contributed by atoms with Crippen molar-refractivity contribution in [1.82, 2.24) is 0 Å². The molecule has 0 amide bonds. The van der Waals surface area contributed by atoms with Crippen LogP contribution in [0.15, 0.2) is 16.7 Å². The van der Waals surface area contributed by atoms with Crippen molar-refractivity contribution in [3.63, 3.8) is 0 Å². The monoisotopic (exact) mass is 158 g/mol. The molecule has 0 spiro atoms. The third-order valence-corrected chi connectivity index (χ3v) is 1.50. The zero-order valence-corrected chi connectivity index (χ0v) is 7.20. The van der Waals surface area contributed by atoms with Crippen LogP contribution >= 0.6 is 11.6 Å². The van der Waals surface area contributed by atoms with Gasteiger partial charge in [-0.1, -0.05) is 32.4 Å². The SMILES string of the molecule is CC(C)(C)c1cc(Cl)co1. The first-order valence-corrected chi connectivity index (χ1v) is 3.62. The minimum absolute atomic E-state index is 0.0626. The Kier molecular flexibility index (Phi) is 1.78. The Morgan fingerprint density at radius 2 is 2.00 bits per heavy atom. The van der Waals surface area contributed by atoms with Crippen LogP contribution in [0.25, 0.3) is 0 Å². The van der Waals surface area contributed by atoms with E-state index in [1.165, 1.54) is 0 Å². The summed E-state index contributed by atoms with van der Waals surface area (Å²) in [6, 6.07) is 1.85. The van der Waals surface area contributed by atoms with Crippen LogP contribution < -0.4 is 0 Å². The molecule has 0 fully saturated rings. The van der Waals surface area contributed by atoms with Gasteiger partial charge in [0.25, 0.3) is 0 Å². The molecule has 0 saturated heterocycles. The van der Waals surface area contributed by atoms with Crippen molar-refractivity contribution in [3.05, 3.63) is 23.1 Å². The van der Waals surface area contributed by atoms with Crippen molar-refractivity contribution in [1.29, 1.82) is 0 Å². The molecule has 0 aromatic carbocycles. The summed E-state index contributed by atoms with van der Waals surface area (Å²) in [5.41, 5.74) is 0.0626. The average molecular weight is 159 g/mol. The van der Waals surface area contributed by atoms with Gasteiger partial charge in [0.2, 0.25) is 0 Å². The number of rotatable bonds is 0. The Morgan fingerprint density at radius 1 is 1.40 bits per heavy atom. The molecule has 0 radical (unpaired) electrons. The Balaban J connectivity index is 2.96. The van der Waals surface area contributed by atoms with Gasteiger partial charge in [-0.15, -0.1) is 0 Å². The van der Waals surface area contributed by atoms with E-state index in [4.69, 9.17) is 16.0 Å². The standard InChI is InChI=1S/C8H11ClO/c1-8(2,3)7-4-6(9)5-10-7/h4-5H,1-3H3. The predicted molar refractivity (Wildman–Crippen MR) is 42.4 cm³/mol. The van der Waals surface area contributed by atoms with Gasteiger partial charge in [-0.25, -0.2) is 0 Å². The fraction of sp³-hybridized carbons (Fsp3) is 0.500. The van der Waals surface area contributed by atoms with E-state index in [1.54, 1.807) is 6.26 Å². The van der Waals surface area contributed by atoms with Gasteiger partial charge < -0.3 is 4.42 Å². The second-order valence-corrected chi connectivity index (χ2v) is 3.82. The Labute approximate surface area is 66.0 Å². The van der Waals surface area contributed by atoms with Gasteiger partial charge in [0.15, 0.2) is 0 Å². The number of hydrogen-bond donors (Lipinski definition) is 0. The van der Waals surface area contributed by atoms with Gasteiger partial charge in [-0.05, 0) is 6.07 Å². The largest absolute Gasteiger partial charge is 0.467 e. The maximum atomic E-state index is 5.67. The second kappa shape index (κ2) is 2.31. The zero-order valence-electron chi connectivity index (χ0n) is 6.44. The summed E-state index contributed by atoms with van der Waals surface area (Å²) in [6.07, 6.45) is 1.56. The summed E-state index contributed by atoms with van der Waals surface area (Å²) in [7, 11) is 0. The Hall–Kier alpha value is -0.430. The van der Waals surface area contributed by atoms with E-state index < -0.39 is 0 Å². The fourth-order valence-electron chi connectivity index (χ4n) is 0.706. The third-order valence-electron chi connectivity index (χ3n) is 1.31. The summed E-state index contributed by atoms with van der Waals surface area (Å²) in [5, 5.41) is 0.671. The molecule has 2 heteroatoms. The molecule has 0 bridgehead atoms. The van der Waals surface area contributed by atoms with Crippen LogP contribution in [0.2, 0.25) is 5.02 Å².